The number of halogens is 1. The summed E-state index contributed by atoms with van der Waals surface area (Å²) in [6, 6.07) is 12.4. The Kier molecular flexibility index (Phi) is 5.24. The highest BCUT2D eigenvalue weighted by Crippen LogP contribution is 2.23. The molecule has 1 aromatic heterocycles. The van der Waals surface area contributed by atoms with Crippen LogP contribution in [0.3, 0.4) is 0 Å². The summed E-state index contributed by atoms with van der Waals surface area (Å²) in [6.45, 7) is 2.05. The smallest absolute Gasteiger partial charge is 0.269 e. The summed E-state index contributed by atoms with van der Waals surface area (Å²) in [5.41, 5.74) is 0.726. The van der Waals surface area contributed by atoms with Gasteiger partial charge in [0, 0.05) is 16.6 Å². The van der Waals surface area contributed by atoms with Gasteiger partial charge >= 0.3 is 0 Å². The molecule has 0 aliphatic carbocycles. The number of hydrogen-bond donors (Lipinski definition) is 1. The minimum atomic E-state index is -0.581. The van der Waals surface area contributed by atoms with Crippen molar-refractivity contribution in [3.05, 3.63) is 62.9 Å². The van der Waals surface area contributed by atoms with Gasteiger partial charge in [0.2, 0.25) is 5.91 Å². The standard InChI is InChI=1S/C18H17BrN2O3S/c1-11(21-18(23)14-5-3-4-6-16(14)25-21)17(22)20-10-12-9-13(19)7-8-15(12)24-2/h3-9,11H,10H2,1-2H3,(H,20,22). The lowest BCUT2D eigenvalue weighted by Crippen LogP contribution is -2.33. The summed E-state index contributed by atoms with van der Waals surface area (Å²) < 4.78 is 8.61. The molecule has 0 spiro atoms. The zero-order chi connectivity index (χ0) is 18.0. The molecule has 3 aromatic rings. The van der Waals surface area contributed by atoms with Gasteiger partial charge < -0.3 is 10.1 Å². The summed E-state index contributed by atoms with van der Waals surface area (Å²) >= 11 is 4.72. The number of rotatable bonds is 5. The summed E-state index contributed by atoms with van der Waals surface area (Å²) in [6.07, 6.45) is 0. The maximum absolute atomic E-state index is 12.5. The Hall–Kier alpha value is -2.12. The topological polar surface area (TPSA) is 60.3 Å². The SMILES string of the molecule is COc1ccc(Br)cc1CNC(=O)C(C)n1sc2ccccc2c1=O. The number of nitrogens with zero attached hydrogens (tertiary/aromatic N) is 1. The van der Waals surface area contributed by atoms with Crippen LogP contribution < -0.4 is 15.6 Å². The molecule has 0 radical (unpaired) electrons. The normalized spacial score (nSPS) is 12.1. The zero-order valence-electron chi connectivity index (χ0n) is 13.8. The number of amides is 1. The van der Waals surface area contributed by atoms with Gasteiger partial charge in [-0.05, 0) is 37.3 Å². The maximum atomic E-state index is 12.5. The van der Waals surface area contributed by atoms with E-state index in [-0.39, 0.29) is 11.5 Å². The lowest BCUT2D eigenvalue weighted by atomic mass is 10.2. The van der Waals surface area contributed by atoms with Crippen LogP contribution in [0.1, 0.15) is 18.5 Å². The maximum Gasteiger partial charge on any atom is 0.269 e. The molecule has 2 aromatic carbocycles. The van der Waals surface area contributed by atoms with Crippen molar-refractivity contribution >= 4 is 43.5 Å². The molecule has 130 valence electrons. The molecule has 5 nitrogen and oxygen atoms in total. The molecule has 0 fully saturated rings. The summed E-state index contributed by atoms with van der Waals surface area (Å²) in [7, 11) is 1.59. The number of carbonyl (C=O) groups excluding carboxylic acids is 1. The van der Waals surface area contributed by atoms with E-state index in [4.69, 9.17) is 4.74 Å². The van der Waals surface area contributed by atoms with E-state index >= 15 is 0 Å². The number of methoxy groups -OCH3 is 1. The highest BCUT2D eigenvalue weighted by Gasteiger charge is 2.19. The fourth-order valence-electron chi connectivity index (χ4n) is 2.57. The number of fused-ring (bicyclic) bond motifs is 1. The predicted molar refractivity (Wildman–Crippen MR) is 103 cm³/mol. The van der Waals surface area contributed by atoms with Gasteiger partial charge in [0.1, 0.15) is 11.8 Å². The van der Waals surface area contributed by atoms with Gasteiger partial charge in [0.15, 0.2) is 0 Å². The largest absolute Gasteiger partial charge is 0.496 e. The van der Waals surface area contributed by atoms with Crippen LogP contribution in [-0.4, -0.2) is 17.0 Å². The zero-order valence-corrected chi connectivity index (χ0v) is 16.2. The molecule has 7 heteroatoms. The third-order valence-electron chi connectivity index (χ3n) is 3.94. The average molecular weight is 421 g/mol. The van der Waals surface area contributed by atoms with E-state index in [1.807, 2.05) is 36.4 Å². The van der Waals surface area contributed by atoms with E-state index in [1.165, 1.54) is 15.5 Å². The van der Waals surface area contributed by atoms with Gasteiger partial charge in [0.05, 0.1) is 17.2 Å². The lowest BCUT2D eigenvalue weighted by Gasteiger charge is -2.14. The summed E-state index contributed by atoms with van der Waals surface area (Å²) in [5.74, 6) is 0.492. The highest BCUT2D eigenvalue weighted by atomic mass is 79.9. The van der Waals surface area contributed by atoms with E-state index < -0.39 is 6.04 Å². The lowest BCUT2D eigenvalue weighted by molar-refractivity contribution is -0.123. The van der Waals surface area contributed by atoms with Crippen molar-refractivity contribution in [1.29, 1.82) is 0 Å². The fourth-order valence-corrected chi connectivity index (χ4v) is 4.01. The third kappa shape index (κ3) is 3.62. The van der Waals surface area contributed by atoms with Crippen molar-refractivity contribution in [2.75, 3.05) is 7.11 Å². The monoisotopic (exact) mass is 420 g/mol. The molecule has 0 aliphatic rings. The van der Waals surface area contributed by atoms with Crippen LogP contribution in [0.25, 0.3) is 10.1 Å². The van der Waals surface area contributed by atoms with E-state index in [1.54, 1.807) is 20.1 Å². The number of carbonyl (C=O) groups is 1. The summed E-state index contributed by atoms with van der Waals surface area (Å²) in [4.78, 5) is 25.0. The van der Waals surface area contributed by atoms with Crippen molar-refractivity contribution in [2.45, 2.75) is 19.5 Å². The minimum Gasteiger partial charge on any atom is -0.496 e. The van der Waals surface area contributed by atoms with Gasteiger partial charge in [-0.3, -0.25) is 13.5 Å². The van der Waals surface area contributed by atoms with Gasteiger partial charge in [-0.2, -0.15) is 0 Å². The van der Waals surface area contributed by atoms with Gasteiger partial charge in [-0.25, -0.2) is 0 Å². The van der Waals surface area contributed by atoms with Crippen molar-refractivity contribution in [3.63, 3.8) is 0 Å². The predicted octanol–water partition coefficient (Wildman–Crippen LogP) is 3.71. The Morgan fingerprint density at radius 2 is 2.08 bits per heavy atom. The molecule has 0 saturated heterocycles. The van der Waals surface area contributed by atoms with Gasteiger partial charge in [0.25, 0.3) is 5.56 Å². The number of ether oxygens (including phenoxy) is 1. The first-order chi connectivity index (χ1) is 12.0. The molecule has 3 rings (SSSR count). The average Bonchev–Trinajstić information content (AvgIpc) is 2.96. The minimum absolute atomic E-state index is 0.136. The molecule has 1 heterocycles. The number of aromatic nitrogens is 1. The Morgan fingerprint density at radius 3 is 2.80 bits per heavy atom. The Morgan fingerprint density at radius 1 is 1.32 bits per heavy atom. The van der Waals surface area contributed by atoms with Crippen LogP contribution in [0, 0.1) is 0 Å². The quantitative estimate of drug-likeness (QED) is 0.684. The van der Waals surface area contributed by atoms with Crippen LogP contribution in [0.5, 0.6) is 5.75 Å². The van der Waals surface area contributed by atoms with Crippen LogP contribution in [0.15, 0.2) is 51.7 Å². The van der Waals surface area contributed by atoms with Crippen molar-refractivity contribution in [3.8, 4) is 5.75 Å². The molecular weight excluding hydrogens is 404 g/mol. The van der Waals surface area contributed by atoms with Gasteiger partial charge in [-0.1, -0.05) is 39.6 Å². The molecule has 1 atom stereocenters. The first-order valence-corrected chi connectivity index (χ1v) is 9.28. The van der Waals surface area contributed by atoms with Crippen molar-refractivity contribution in [1.82, 2.24) is 9.27 Å². The Bertz CT molecular complexity index is 980. The highest BCUT2D eigenvalue weighted by molar-refractivity contribution is 9.10. The molecule has 0 bridgehead atoms. The first kappa shape index (κ1) is 17.7. The Balaban J connectivity index is 1.78. The Labute approximate surface area is 157 Å². The third-order valence-corrected chi connectivity index (χ3v) is 5.67. The second-order valence-electron chi connectivity index (χ2n) is 5.57. The van der Waals surface area contributed by atoms with E-state index in [2.05, 4.69) is 21.2 Å². The second kappa shape index (κ2) is 7.41. The molecule has 0 saturated carbocycles. The van der Waals surface area contributed by atoms with Crippen LogP contribution in [0.2, 0.25) is 0 Å². The molecular formula is C18H17BrN2O3S. The molecule has 1 N–H and O–H groups in total. The molecule has 1 amide bonds. The fraction of sp³-hybridized carbons (Fsp3) is 0.222. The van der Waals surface area contributed by atoms with Crippen LogP contribution >= 0.6 is 27.5 Å². The number of benzene rings is 2. The molecule has 25 heavy (non-hydrogen) atoms. The summed E-state index contributed by atoms with van der Waals surface area (Å²) in [5, 5.41) is 3.52. The molecule has 0 aliphatic heterocycles. The van der Waals surface area contributed by atoms with E-state index in [9.17, 15) is 9.59 Å². The van der Waals surface area contributed by atoms with Crippen LogP contribution in [0.4, 0.5) is 0 Å². The van der Waals surface area contributed by atoms with Crippen molar-refractivity contribution < 1.29 is 9.53 Å². The van der Waals surface area contributed by atoms with Crippen LogP contribution in [-0.2, 0) is 11.3 Å². The second-order valence-corrected chi connectivity index (χ2v) is 7.50. The first-order valence-electron chi connectivity index (χ1n) is 7.72. The van der Waals surface area contributed by atoms with E-state index in [0.29, 0.717) is 17.7 Å². The van der Waals surface area contributed by atoms with Crippen molar-refractivity contribution in [2.24, 2.45) is 0 Å². The van der Waals surface area contributed by atoms with Gasteiger partial charge in [-0.15, -0.1) is 0 Å². The van der Waals surface area contributed by atoms with E-state index in [0.717, 1.165) is 14.7 Å². The molecule has 1 unspecified atom stereocenters. The number of hydrogen-bond acceptors (Lipinski definition) is 4. The number of nitrogens with one attached hydrogen (secondary N) is 1.